The molecule has 0 heterocycles. The fourth-order valence-corrected chi connectivity index (χ4v) is 1.58. The molecule has 0 aliphatic heterocycles. The fourth-order valence-electron chi connectivity index (χ4n) is 1.58. The molecule has 4 heteroatoms. The van der Waals surface area contributed by atoms with Gasteiger partial charge in [-0.25, -0.2) is 0 Å². The van der Waals surface area contributed by atoms with E-state index in [0.29, 0.717) is 5.69 Å². The number of aliphatic hydroxyl groups is 1. The Labute approximate surface area is 112 Å². The van der Waals surface area contributed by atoms with Crippen LogP contribution in [0.5, 0.6) is 0 Å². The Bertz CT molecular complexity index is 509. The number of amides is 1. The van der Waals surface area contributed by atoms with Gasteiger partial charge in [0.2, 0.25) is 5.91 Å². The summed E-state index contributed by atoms with van der Waals surface area (Å²) < 4.78 is 0. The summed E-state index contributed by atoms with van der Waals surface area (Å²) in [5.74, 6) is -0.405. The monoisotopic (exact) mass is 256 g/mol. The molecule has 0 atom stereocenters. The smallest absolute Gasteiger partial charge is 0.250 e. The molecule has 1 amide bonds. The highest BCUT2D eigenvalue weighted by molar-refractivity contribution is 5.91. The van der Waals surface area contributed by atoms with E-state index in [4.69, 9.17) is 10.5 Å². The van der Waals surface area contributed by atoms with Crippen molar-refractivity contribution in [1.82, 2.24) is 0 Å². The summed E-state index contributed by atoms with van der Waals surface area (Å²) in [6.07, 6.45) is 0. The zero-order chi connectivity index (χ0) is 14.1. The lowest BCUT2D eigenvalue weighted by Gasteiger charge is -2.05. The molecule has 98 valence electrons. The first-order valence-electron chi connectivity index (χ1n) is 5.71. The minimum atomic E-state index is -0.500. The molecule has 0 bridgehead atoms. The molecule has 0 saturated carbocycles. The molecule has 2 aromatic rings. The Balaban J connectivity index is 0.000000861. The molecule has 2 aromatic carbocycles. The van der Waals surface area contributed by atoms with Crippen molar-refractivity contribution in [2.75, 3.05) is 11.9 Å². The SMILES string of the molecule is C=N.O=C(CO)Nc1ccc(-c2ccccc2)cc1. The van der Waals surface area contributed by atoms with Gasteiger partial charge in [0.1, 0.15) is 6.61 Å². The first-order chi connectivity index (χ1) is 9.29. The molecule has 0 aliphatic rings. The third kappa shape index (κ3) is 4.37. The second-order valence-electron chi connectivity index (χ2n) is 3.65. The van der Waals surface area contributed by atoms with E-state index in [2.05, 4.69) is 12.0 Å². The molecule has 4 nitrogen and oxygen atoms in total. The van der Waals surface area contributed by atoms with Gasteiger partial charge in [0.05, 0.1) is 0 Å². The second-order valence-corrected chi connectivity index (χ2v) is 3.65. The molecule has 0 unspecified atom stereocenters. The summed E-state index contributed by atoms with van der Waals surface area (Å²) in [6, 6.07) is 17.5. The van der Waals surface area contributed by atoms with E-state index in [1.807, 2.05) is 54.6 Å². The Morgan fingerprint density at radius 2 is 1.53 bits per heavy atom. The number of aliphatic hydroxyl groups excluding tert-OH is 1. The predicted octanol–water partition coefficient (Wildman–Crippen LogP) is 2.55. The number of hydrogen-bond donors (Lipinski definition) is 3. The largest absolute Gasteiger partial charge is 0.387 e. The van der Waals surface area contributed by atoms with Gasteiger partial charge in [0.15, 0.2) is 0 Å². The lowest BCUT2D eigenvalue weighted by Crippen LogP contribution is -2.15. The van der Waals surface area contributed by atoms with E-state index in [9.17, 15) is 4.79 Å². The van der Waals surface area contributed by atoms with Gasteiger partial charge >= 0.3 is 0 Å². The molecule has 0 aromatic heterocycles. The Morgan fingerprint density at radius 1 is 1.00 bits per heavy atom. The van der Waals surface area contributed by atoms with Crippen molar-refractivity contribution in [1.29, 1.82) is 5.41 Å². The van der Waals surface area contributed by atoms with Crippen LogP contribution in [-0.2, 0) is 4.79 Å². The highest BCUT2D eigenvalue weighted by Crippen LogP contribution is 2.20. The maximum Gasteiger partial charge on any atom is 0.250 e. The predicted molar refractivity (Wildman–Crippen MR) is 77.4 cm³/mol. The summed E-state index contributed by atoms with van der Waals surface area (Å²) >= 11 is 0. The molecule has 19 heavy (non-hydrogen) atoms. The van der Waals surface area contributed by atoms with Gasteiger partial charge in [-0.1, -0.05) is 42.5 Å². The molecule has 3 N–H and O–H groups in total. The van der Waals surface area contributed by atoms with Crippen LogP contribution in [0.25, 0.3) is 11.1 Å². The third-order valence-electron chi connectivity index (χ3n) is 2.42. The highest BCUT2D eigenvalue weighted by Gasteiger charge is 2.00. The molecular formula is C15H16N2O2. The van der Waals surface area contributed by atoms with Crippen LogP contribution in [0, 0.1) is 5.41 Å². The van der Waals surface area contributed by atoms with E-state index in [0.717, 1.165) is 11.1 Å². The average Bonchev–Trinajstić information content (AvgIpc) is 2.51. The van der Waals surface area contributed by atoms with Crippen LogP contribution in [0.15, 0.2) is 54.6 Å². The van der Waals surface area contributed by atoms with Gasteiger partial charge in [-0.05, 0) is 30.0 Å². The quantitative estimate of drug-likeness (QED) is 0.738. The van der Waals surface area contributed by atoms with Crippen LogP contribution >= 0.6 is 0 Å². The molecule has 0 aliphatic carbocycles. The van der Waals surface area contributed by atoms with E-state index < -0.39 is 12.5 Å². The van der Waals surface area contributed by atoms with E-state index in [1.54, 1.807) is 0 Å². The standard InChI is InChI=1S/C14H13NO2.CH3N/c16-10-14(17)15-13-8-6-12(7-9-13)11-4-2-1-3-5-11;1-2/h1-9,16H,10H2,(H,15,17);2H,1H2. The van der Waals surface area contributed by atoms with Crippen LogP contribution in [0.2, 0.25) is 0 Å². The van der Waals surface area contributed by atoms with E-state index >= 15 is 0 Å². The van der Waals surface area contributed by atoms with Crippen molar-refractivity contribution < 1.29 is 9.90 Å². The van der Waals surface area contributed by atoms with Gasteiger partial charge in [0.25, 0.3) is 0 Å². The van der Waals surface area contributed by atoms with Gasteiger partial charge < -0.3 is 15.8 Å². The van der Waals surface area contributed by atoms with Gasteiger partial charge in [-0.3, -0.25) is 4.79 Å². The van der Waals surface area contributed by atoms with Crippen molar-refractivity contribution in [3.63, 3.8) is 0 Å². The Kier molecular flexibility index (Phi) is 5.98. The van der Waals surface area contributed by atoms with Gasteiger partial charge in [-0.2, -0.15) is 0 Å². The first kappa shape index (κ1) is 14.6. The summed E-state index contributed by atoms with van der Waals surface area (Å²) in [7, 11) is 0. The Morgan fingerprint density at radius 3 is 2.05 bits per heavy atom. The van der Waals surface area contributed by atoms with Gasteiger partial charge in [-0.15, -0.1) is 0 Å². The van der Waals surface area contributed by atoms with Crippen LogP contribution in [0.4, 0.5) is 5.69 Å². The lowest BCUT2D eigenvalue weighted by molar-refractivity contribution is -0.118. The number of benzene rings is 2. The molecule has 0 saturated heterocycles. The molecule has 0 radical (unpaired) electrons. The molecule has 0 fully saturated rings. The molecular weight excluding hydrogens is 240 g/mol. The number of nitrogens with one attached hydrogen (secondary N) is 2. The normalized spacial score (nSPS) is 9.11. The number of carbonyl (C=O) groups excluding carboxylic acids is 1. The van der Waals surface area contributed by atoms with Crippen molar-refractivity contribution in [3.8, 4) is 11.1 Å². The van der Waals surface area contributed by atoms with Crippen LogP contribution in [-0.4, -0.2) is 24.3 Å². The van der Waals surface area contributed by atoms with Crippen molar-refractivity contribution in [2.24, 2.45) is 0 Å². The summed E-state index contributed by atoms with van der Waals surface area (Å²) in [6.45, 7) is 2.00. The van der Waals surface area contributed by atoms with Crippen LogP contribution < -0.4 is 5.32 Å². The van der Waals surface area contributed by atoms with Crippen molar-refractivity contribution in [2.45, 2.75) is 0 Å². The minimum absolute atomic E-state index is 0.405. The highest BCUT2D eigenvalue weighted by atomic mass is 16.3. The zero-order valence-corrected chi connectivity index (χ0v) is 10.5. The maximum absolute atomic E-state index is 11.0. The minimum Gasteiger partial charge on any atom is -0.387 e. The summed E-state index contributed by atoms with van der Waals surface area (Å²) in [4.78, 5) is 11.0. The van der Waals surface area contributed by atoms with E-state index in [1.165, 1.54) is 0 Å². The maximum atomic E-state index is 11.0. The average molecular weight is 256 g/mol. The van der Waals surface area contributed by atoms with Crippen molar-refractivity contribution in [3.05, 3.63) is 54.6 Å². The second kappa shape index (κ2) is 7.79. The third-order valence-corrected chi connectivity index (χ3v) is 2.42. The van der Waals surface area contributed by atoms with Gasteiger partial charge in [0, 0.05) is 5.69 Å². The Hall–Kier alpha value is -2.46. The van der Waals surface area contributed by atoms with Crippen LogP contribution in [0.1, 0.15) is 0 Å². The number of carbonyl (C=O) groups is 1. The topological polar surface area (TPSA) is 73.2 Å². The number of hydrogen-bond acceptors (Lipinski definition) is 3. The number of anilines is 1. The van der Waals surface area contributed by atoms with E-state index in [-0.39, 0.29) is 0 Å². The molecule has 0 spiro atoms. The summed E-state index contributed by atoms with van der Waals surface area (Å²) in [5, 5.41) is 16.7. The number of rotatable bonds is 3. The molecule has 2 rings (SSSR count). The first-order valence-corrected chi connectivity index (χ1v) is 5.71. The fraction of sp³-hybridized carbons (Fsp3) is 0.0667. The lowest BCUT2D eigenvalue weighted by atomic mass is 10.1. The van der Waals surface area contributed by atoms with Crippen LogP contribution in [0.3, 0.4) is 0 Å². The van der Waals surface area contributed by atoms with Crippen molar-refractivity contribution >= 4 is 18.3 Å². The zero-order valence-electron chi connectivity index (χ0n) is 10.5. The summed E-state index contributed by atoms with van der Waals surface area (Å²) in [5.41, 5.74) is 2.91.